The third kappa shape index (κ3) is 4.48. The van der Waals surface area contributed by atoms with E-state index in [2.05, 4.69) is 10.7 Å². The number of nitrogens with zero attached hydrogens (tertiary/aromatic N) is 1. The first-order valence-corrected chi connectivity index (χ1v) is 10.1. The fraction of sp³-hybridized carbons (Fsp3) is 0.160. The lowest BCUT2D eigenvalue weighted by Crippen LogP contribution is -2.42. The predicted octanol–water partition coefficient (Wildman–Crippen LogP) is 3.02. The monoisotopic (exact) mass is 414 g/mol. The molecule has 6 heteroatoms. The minimum Gasteiger partial charge on any atom is -0.497 e. The van der Waals surface area contributed by atoms with Crippen LogP contribution in [-0.4, -0.2) is 35.9 Å². The summed E-state index contributed by atoms with van der Waals surface area (Å²) in [4.78, 5) is 25.8. The van der Waals surface area contributed by atoms with Crippen molar-refractivity contribution in [2.24, 2.45) is 0 Å². The highest BCUT2D eigenvalue weighted by molar-refractivity contribution is 5.98. The molecule has 6 nitrogen and oxygen atoms in total. The highest BCUT2D eigenvalue weighted by atomic mass is 16.5. The summed E-state index contributed by atoms with van der Waals surface area (Å²) in [6.07, 6.45) is 1.84. The van der Waals surface area contributed by atoms with E-state index in [0.29, 0.717) is 5.56 Å². The third-order valence-electron chi connectivity index (χ3n) is 5.23. The number of ether oxygens (including phenoxy) is 1. The van der Waals surface area contributed by atoms with Gasteiger partial charge in [0.25, 0.3) is 5.91 Å². The van der Waals surface area contributed by atoms with Crippen molar-refractivity contribution < 1.29 is 19.0 Å². The van der Waals surface area contributed by atoms with E-state index in [9.17, 15) is 9.59 Å². The van der Waals surface area contributed by atoms with E-state index in [1.165, 1.54) is 0 Å². The van der Waals surface area contributed by atoms with Crippen LogP contribution in [0, 0.1) is 6.92 Å². The molecular formula is C25H24N3O3+. The predicted molar refractivity (Wildman–Crippen MR) is 118 cm³/mol. The van der Waals surface area contributed by atoms with Gasteiger partial charge in [0.1, 0.15) is 5.75 Å². The van der Waals surface area contributed by atoms with Gasteiger partial charge in [0.05, 0.1) is 7.11 Å². The van der Waals surface area contributed by atoms with Gasteiger partial charge < -0.3 is 10.1 Å². The zero-order valence-electron chi connectivity index (χ0n) is 17.4. The molecule has 1 heterocycles. The molecule has 3 aromatic carbocycles. The van der Waals surface area contributed by atoms with E-state index in [1.807, 2.05) is 79.9 Å². The molecule has 1 aliphatic rings. The lowest BCUT2D eigenvalue weighted by Gasteiger charge is -2.15. The summed E-state index contributed by atoms with van der Waals surface area (Å²) >= 11 is 0. The van der Waals surface area contributed by atoms with Crippen LogP contribution in [0.2, 0.25) is 0 Å². The second-order valence-electron chi connectivity index (χ2n) is 7.47. The maximum absolute atomic E-state index is 12.9. The Labute approximate surface area is 181 Å². The maximum atomic E-state index is 12.9. The van der Waals surface area contributed by atoms with Crippen LogP contribution in [0.5, 0.6) is 5.75 Å². The Bertz CT molecular complexity index is 1140. The van der Waals surface area contributed by atoms with E-state index in [0.717, 1.165) is 22.4 Å². The normalized spacial score (nSPS) is 19.2. The maximum Gasteiger partial charge on any atom is 0.304 e. The average molecular weight is 414 g/mol. The van der Waals surface area contributed by atoms with Gasteiger partial charge in [-0.3, -0.25) is 9.59 Å². The SMILES string of the molecule is COc1cccc(/C=[N+]2\NC(=O)[C@H](NC(=O)c3cccc(C)c3)[C@@H]2c2ccccc2)c1. The fourth-order valence-corrected chi connectivity index (χ4v) is 3.72. The summed E-state index contributed by atoms with van der Waals surface area (Å²) in [5.41, 5.74) is 6.17. The van der Waals surface area contributed by atoms with E-state index >= 15 is 0 Å². The number of methoxy groups -OCH3 is 1. The van der Waals surface area contributed by atoms with Crippen LogP contribution < -0.4 is 15.5 Å². The Hall–Kier alpha value is -3.93. The third-order valence-corrected chi connectivity index (χ3v) is 5.23. The Balaban J connectivity index is 1.69. The number of carbonyl (C=O) groups is 2. The molecule has 2 amide bonds. The molecule has 2 N–H and O–H groups in total. The number of carbonyl (C=O) groups excluding carboxylic acids is 2. The minimum atomic E-state index is -0.753. The number of rotatable bonds is 5. The van der Waals surface area contributed by atoms with Gasteiger partial charge in [-0.1, -0.05) is 54.1 Å². The van der Waals surface area contributed by atoms with Crippen LogP contribution in [-0.2, 0) is 4.79 Å². The van der Waals surface area contributed by atoms with Gasteiger partial charge in [0, 0.05) is 16.7 Å². The Morgan fingerprint density at radius 1 is 1.03 bits per heavy atom. The van der Waals surface area contributed by atoms with Crippen LogP contribution in [0.15, 0.2) is 78.9 Å². The van der Waals surface area contributed by atoms with Crippen LogP contribution in [0.25, 0.3) is 0 Å². The molecular weight excluding hydrogens is 390 g/mol. The van der Waals surface area contributed by atoms with E-state index < -0.39 is 12.1 Å². The van der Waals surface area contributed by atoms with Gasteiger partial charge in [-0.2, -0.15) is 0 Å². The highest BCUT2D eigenvalue weighted by Gasteiger charge is 2.47. The van der Waals surface area contributed by atoms with Gasteiger partial charge >= 0.3 is 5.91 Å². The van der Waals surface area contributed by atoms with Crippen LogP contribution in [0.3, 0.4) is 0 Å². The second-order valence-corrected chi connectivity index (χ2v) is 7.47. The summed E-state index contributed by atoms with van der Waals surface area (Å²) in [7, 11) is 1.61. The van der Waals surface area contributed by atoms with Gasteiger partial charge in [0.15, 0.2) is 6.04 Å². The van der Waals surface area contributed by atoms with E-state index in [1.54, 1.807) is 23.9 Å². The smallest absolute Gasteiger partial charge is 0.304 e. The molecule has 0 radical (unpaired) electrons. The van der Waals surface area contributed by atoms with Gasteiger partial charge in [-0.05, 0) is 37.3 Å². The number of aryl methyl sites for hydroxylation is 1. The van der Waals surface area contributed by atoms with Gasteiger partial charge in [-0.25, -0.2) is 0 Å². The van der Waals surface area contributed by atoms with Gasteiger partial charge in [-0.15, -0.1) is 10.1 Å². The summed E-state index contributed by atoms with van der Waals surface area (Å²) in [6, 6.07) is 23.4. The first kappa shape index (κ1) is 20.3. The van der Waals surface area contributed by atoms with E-state index in [-0.39, 0.29) is 11.8 Å². The largest absolute Gasteiger partial charge is 0.497 e. The number of benzene rings is 3. The van der Waals surface area contributed by atoms with Crippen molar-refractivity contribution in [3.05, 3.63) is 101 Å². The average Bonchev–Trinajstić information content (AvgIpc) is 3.08. The molecule has 0 bridgehead atoms. The topological polar surface area (TPSA) is 70.4 Å². The quantitative estimate of drug-likeness (QED) is 0.631. The van der Waals surface area contributed by atoms with Crippen molar-refractivity contribution >= 4 is 18.0 Å². The number of nitrogens with one attached hydrogen (secondary N) is 2. The lowest BCUT2D eigenvalue weighted by atomic mass is 9.99. The van der Waals surface area contributed by atoms with E-state index in [4.69, 9.17) is 4.74 Å². The molecule has 1 saturated heterocycles. The molecule has 31 heavy (non-hydrogen) atoms. The number of hydrazine groups is 1. The molecule has 0 saturated carbocycles. The van der Waals surface area contributed by atoms with Crippen LogP contribution in [0.4, 0.5) is 0 Å². The summed E-state index contributed by atoms with van der Waals surface area (Å²) in [5.74, 6) is 0.168. The molecule has 2 atom stereocenters. The lowest BCUT2D eigenvalue weighted by molar-refractivity contribution is -0.596. The van der Waals surface area contributed by atoms with Crippen LogP contribution in [0.1, 0.15) is 33.1 Å². The molecule has 0 aliphatic carbocycles. The van der Waals surface area contributed by atoms with Crippen molar-refractivity contribution in [1.82, 2.24) is 10.7 Å². The molecule has 156 valence electrons. The first-order valence-electron chi connectivity index (χ1n) is 10.1. The minimum absolute atomic E-state index is 0.269. The molecule has 0 spiro atoms. The summed E-state index contributed by atoms with van der Waals surface area (Å²) < 4.78 is 7.05. The number of amides is 2. The van der Waals surface area contributed by atoms with Crippen molar-refractivity contribution in [3.63, 3.8) is 0 Å². The van der Waals surface area contributed by atoms with Crippen molar-refractivity contribution in [1.29, 1.82) is 0 Å². The number of hydrogen-bond acceptors (Lipinski definition) is 3. The Morgan fingerprint density at radius 2 is 1.81 bits per heavy atom. The first-order chi connectivity index (χ1) is 15.0. The highest BCUT2D eigenvalue weighted by Crippen LogP contribution is 2.25. The standard InChI is InChI=1S/C25H23N3O3/c1-17-8-6-12-20(14-17)24(29)26-22-23(19-10-4-3-5-11-19)28(27-25(22)30)16-18-9-7-13-21(15-18)31-2/h3-16,22-23H,1-2H3,(H-,26,27,29,30)/p+1/b28-16-/t22-,23+/m1/s1. The van der Waals surface area contributed by atoms with Crippen molar-refractivity contribution in [2.75, 3.05) is 7.11 Å². The number of hydrogen-bond donors (Lipinski definition) is 2. The Morgan fingerprint density at radius 3 is 2.55 bits per heavy atom. The second kappa shape index (κ2) is 8.83. The fourth-order valence-electron chi connectivity index (χ4n) is 3.72. The number of hydrazone groups is 1. The molecule has 4 rings (SSSR count). The molecule has 0 aromatic heterocycles. The van der Waals surface area contributed by atoms with Gasteiger partial charge in [0.2, 0.25) is 12.3 Å². The molecule has 1 fully saturated rings. The summed E-state index contributed by atoms with van der Waals surface area (Å²) in [5, 5.41) is 2.92. The molecule has 1 aliphatic heterocycles. The zero-order valence-corrected chi connectivity index (χ0v) is 17.4. The molecule has 0 unspecified atom stereocenters. The van der Waals surface area contributed by atoms with Crippen LogP contribution >= 0.6 is 0 Å². The van der Waals surface area contributed by atoms with Crippen molar-refractivity contribution in [2.45, 2.75) is 19.0 Å². The Kier molecular flexibility index (Phi) is 5.80. The molecule has 3 aromatic rings. The van der Waals surface area contributed by atoms with Crippen molar-refractivity contribution in [3.8, 4) is 5.75 Å². The summed E-state index contributed by atoms with van der Waals surface area (Å²) in [6.45, 7) is 1.93. The zero-order chi connectivity index (χ0) is 21.8.